The summed E-state index contributed by atoms with van der Waals surface area (Å²) in [7, 11) is 0. The molecule has 0 saturated carbocycles. The molecule has 0 bridgehead atoms. The molecule has 0 aromatic carbocycles. The van der Waals surface area contributed by atoms with Crippen molar-refractivity contribution in [2.75, 3.05) is 0 Å². The predicted molar refractivity (Wildman–Crippen MR) is 49.6 cm³/mol. The van der Waals surface area contributed by atoms with Crippen LogP contribution < -0.4 is 5.32 Å². The van der Waals surface area contributed by atoms with Crippen LogP contribution in [0.2, 0.25) is 5.15 Å². The highest BCUT2D eigenvalue weighted by Gasteiger charge is 2.15. The van der Waals surface area contributed by atoms with Crippen molar-refractivity contribution >= 4 is 24.0 Å². The van der Waals surface area contributed by atoms with Gasteiger partial charge in [0, 0.05) is 18.7 Å². The van der Waals surface area contributed by atoms with Crippen molar-refractivity contribution in [1.82, 2.24) is 15.3 Å². The summed E-state index contributed by atoms with van der Waals surface area (Å²) in [4.78, 5) is 8.32. The van der Waals surface area contributed by atoms with Gasteiger partial charge in [-0.05, 0) is 6.92 Å². The van der Waals surface area contributed by atoms with Crippen LogP contribution in [-0.4, -0.2) is 9.97 Å². The third-order valence-corrected chi connectivity index (χ3v) is 2.06. The van der Waals surface area contributed by atoms with E-state index < -0.39 is 0 Å². The SMILES string of the molecule is Cc1nc(Cl)c2c(n1)CNC2.Cl. The number of aromatic nitrogens is 2. The predicted octanol–water partition coefficient (Wildman–Crippen LogP) is 1.46. The first-order valence-corrected chi connectivity index (χ1v) is 3.88. The molecule has 1 aliphatic rings. The standard InChI is InChI=1S/C7H8ClN3.ClH/c1-4-10-6-3-9-2-5(6)7(8)11-4;/h9H,2-3H2,1H3;1H. The van der Waals surface area contributed by atoms with Gasteiger partial charge in [0.05, 0.1) is 5.69 Å². The van der Waals surface area contributed by atoms with E-state index in [9.17, 15) is 0 Å². The van der Waals surface area contributed by atoms with Crippen molar-refractivity contribution < 1.29 is 0 Å². The average Bonchev–Trinajstić information content (AvgIpc) is 2.34. The van der Waals surface area contributed by atoms with Gasteiger partial charge in [0.1, 0.15) is 11.0 Å². The lowest BCUT2D eigenvalue weighted by Crippen LogP contribution is -2.00. The minimum atomic E-state index is 0. The second-order valence-electron chi connectivity index (χ2n) is 2.59. The van der Waals surface area contributed by atoms with Crippen molar-refractivity contribution in [2.24, 2.45) is 0 Å². The van der Waals surface area contributed by atoms with Crippen molar-refractivity contribution in [3.8, 4) is 0 Å². The highest BCUT2D eigenvalue weighted by Crippen LogP contribution is 2.20. The first kappa shape index (κ1) is 9.71. The molecular formula is C7H9Cl2N3. The van der Waals surface area contributed by atoms with Crippen LogP contribution >= 0.6 is 24.0 Å². The van der Waals surface area contributed by atoms with Crippen LogP contribution in [0.25, 0.3) is 0 Å². The van der Waals surface area contributed by atoms with Gasteiger partial charge in [-0.15, -0.1) is 12.4 Å². The Morgan fingerprint density at radius 2 is 2.08 bits per heavy atom. The lowest BCUT2D eigenvalue weighted by Gasteiger charge is -1.99. The lowest BCUT2D eigenvalue weighted by atomic mass is 10.3. The minimum absolute atomic E-state index is 0. The molecular weight excluding hydrogens is 197 g/mol. The fourth-order valence-electron chi connectivity index (χ4n) is 1.24. The molecule has 0 aliphatic carbocycles. The van der Waals surface area contributed by atoms with E-state index in [4.69, 9.17) is 11.6 Å². The van der Waals surface area contributed by atoms with Crippen LogP contribution in [0, 0.1) is 6.92 Å². The number of fused-ring (bicyclic) bond motifs is 1. The zero-order valence-electron chi connectivity index (χ0n) is 6.59. The van der Waals surface area contributed by atoms with Crippen molar-refractivity contribution in [1.29, 1.82) is 0 Å². The molecule has 0 fully saturated rings. The fourth-order valence-corrected chi connectivity index (χ4v) is 1.54. The lowest BCUT2D eigenvalue weighted by molar-refractivity contribution is 0.757. The summed E-state index contributed by atoms with van der Waals surface area (Å²) in [6, 6.07) is 0. The van der Waals surface area contributed by atoms with E-state index in [-0.39, 0.29) is 12.4 Å². The molecule has 2 rings (SSSR count). The van der Waals surface area contributed by atoms with Crippen LogP contribution in [0.5, 0.6) is 0 Å². The van der Waals surface area contributed by atoms with Gasteiger partial charge in [0.15, 0.2) is 0 Å². The Bertz CT molecular complexity index is 301. The van der Waals surface area contributed by atoms with Crippen molar-refractivity contribution in [3.63, 3.8) is 0 Å². The molecule has 1 aromatic heterocycles. The molecule has 12 heavy (non-hydrogen) atoms. The summed E-state index contributed by atoms with van der Waals surface area (Å²) in [5.41, 5.74) is 2.10. The monoisotopic (exact) mass is 205 g/mol. The first-order chi connectivity index (χ1) is 5.27. The van der Waals surface area contributed by atoms with Crippen molar-refractivity contribution in [3.05, 3.63) is 22.2 Å². The quantitative estimate of drug-likeness (QED) is 0.653. The Labute approximate surface area is 82.0 Å². The topological polar surface area (TPSA) is 37.8 Å². The number of hydrogen-bond donors (Lipinski definition) is 1. The molecule has 0 atom stereocenters. The molecule has 3 nitrogen and oxygen atoms in total. The van der Waals surface area contributed by atoms with E-state index in [0.29, 0.717) is 5.15 Å². The number of halogens is 2. The van der Waals surface area contributed by atoms with Gasteiger partial charge in [-0.3, -0.25) is 0 Å². The number of hydrogen-bond acceptors (Lipinski definition) is 3. The third kappa shape index (κ3) is 1.53. The maximum Gasteiger partial charge on any atom is 0.137 e. The van der Waals surface area contributed by atoms with Gasteiger partial charge in [-0.1, -0.05) is 11.6 Å². The Hall–Kier alpha value is -0.380. The molecule has 0 radical (unpaired) electrons. The van der Waals surface area contributed by atoms with E-state index in [0.717, 1.165) is 30.2 Å². The second kappa shape index (κ2) is 3.56. The van der Waals surface area contributed by atoms with Gasteiger partial charge in [-0.25, -0.2) is 9.97 Å². The summed E-state index contributed by atoms with van der Waals surface area (Å²) < 4.78 is 0. The average molecular weight is 206 g/mol. The van der Waals surface area contributed by atoms with E-state index >= 15 is 0 Å². The van der Waals surface area contributed by atoms with Crippen LogP contribution in [0.15, 0.2) is 0 Å². The molecule has 0 unspecified atom stereocenters. The van der Waals surface area contributed by atoms with Gasteiger partial charge < -0.3 is 5.32 Å². The number of aryl methyl sites for hydroxylation is 1. The summed E-state index contributed by atoms with van der Waals surface area (Å²) in [6.07, 6.45) is 0. The Kier molecular flexibility index (Phi) is 2.88. The zero-order chi connectivity index (χ0) is 7.84. The maximum atomic E-state index is 5.88. The number of nitrogens with zero attached hydrogens (tertiary/aromatic N) is 2. The van der Waals surface area contributed by atoms with E-state index in [1.54, 1.807) is 0 Å². The zero-order valence-corrected chi connectivity index (χ0v) is 8.17. The van der Waals surface area contributed by atoms with E-state index in [1.165, 1.54) is 0 Å². The largest absolute Gasteiger partial charge is 0.307 e. The minimum Gasteiger partial charge on any atom is -0.307 e. The Morgan fingerprint density at radius 1 is 1.33 bits per heavy atom. The molecule has 1 aliphatic heterocycles. The van der Waals surface area contributed by atoms with Gasteiger partial charge >= 0.3 is 0 Å². The summed E-state index contributed by atoms with van der Waals surface area (Å²) in [5, 5.41) is 3.76. The Balaban J connectivity index is 0.000000720. The Morgan fingerprint density at radius 3 is 2.83 bits per heavy atom. The smallest absolute Gasteiger partial charge is 0.137 e. The van der Waals surface area contributed by atoms with Crippen LogP contribution in [0.3, 0.4) is 0 Å². The van der Waals surface area contributed by atoms with Crippen LogP contribution in [-0.2, 0) is 13.1 Å². The highest BCUT2D eigenvalue weighted by atomic mass is 35.5. The number of nitrogens with one attached hydrogen (secondary N) is 1. The molecule has 2 heterocycles. The molecule has 5 heteroatoms. The molecule has 66 valence electrons. The summed E-state index contributed by atoms with van der Waals surface area (Å²) in [6.45, 7) is 3.47. The maximum absolute atomic E-state index is 5.88. The highest BCUT2D eigenvalue weighted by molar-refractivity contribution is 6.30. The third-order valence-electron chi connectivity index (χ3n) is 1.75. The molecule has 0 spiro atoms. The fraction of sp³-hybridized carbons (Fsp3) is 0.429. The van der Waals surface area contributed by atoms with E-state index in [1.807, 2.05) is 6.92 Å². The van der Waals surface area contributed by atoms with Crippen LogP contribution in [0.1, 0.15) is 17.1 Å². The molecule has 0 amide bonds. The van der Waals surface area contributed by atoms with Gasteiger partial charge in [-0.2, -0.15) is 0 Å². The second-order valence-corrected chi connectivity index (χ2v) is 2.95. The normalized spacial score (nSPS) is 13.8. The summed E-state index contributed by atoms with van der Waals surface area (Å²) in [5.74, 6) is 0.748. The first-order valence-electron chi connectivity index (χ1n) is 3.50. The summed E-state index contributed by atoms with van der Waals surface area (Å²) >= 11 is 5.88. The van der Waals surface area contributed by atoms with Crippen molar-refractivity contribution in [2.45, 2.75) is 20.0 Å². The van der Waals surface area contributed by atoms with Gasteiger partial charge in [0.25, 0.3) is 0 Å². The molecule has 0 saturated heterocycles. The molecule has 1 N–H and O–H groups in total. The number of rotatable bonds is 0. The van der Waals surface area contributed by atoms with E-state index in [2.05, 4.69) is 15.3 Å². The molecule has 1 aromatic rings. The van der Waals surface area contributed by atoms with Crippen LogP contribution in [0.4, 0.5) is 0 Å². The van der Waals surface area contributed by atoms with Gasteiger partial charge in [0.2, 0.25) is 0 Å².